The van der Waals surface area contributed by atoms with Crippen molar-refractivity contribution in [3.8, 4) is 0 Å². The van der Waals surface area contributed by atoms with Gasteiger partial charge in [-0.05, 0) is 6.16 Å². The zero-order valence-corrected chi connectivity index (χ0v) is 8.31. The summed E-state index contributed by atoms with van der Waals surface area (Å²) in [5, 5.41) is 16.7. The van der Waals surface area contributed by atoms with Gasteiger partial charge in [-0.3, -0.25) is 0 Å². The Labute approximate surface area is 90.0 Å². The molecule has 0 aromatic rings. The summed E-state index contributed by atoms with van der Waals surface area (Å²) < 4.78 is 0. The maximum atomic E-state index is 8.33. The van der Waals surface area contributed by atoms with Gasteiger partial charge in [-0.2, -0.15) is 0 Å². The minimum Gasteiger partial charge on any atom is -0.652 e. The van der Waals surface area contributed by atoms with Gasteiger partial charge in [0.05, 0.1) is 0 Å². The third kappa shape index (κ3) is 113. The van der Waals surface area contributed by atoms with Gasteiger partial charge in [-0.25, -0.2) is 0 Å². The minimum atomic E-state index is -2.33. The summed E-state index contributed by atoms with van der Waals surface area (Å²) in [6.45, 7) is 0. The Bertz CT molecular complexity index is 37.9. The molecule has 32 valence electrons. The zero-order chi connectivity index (χ0) is 3.58. The third-order valence-electron chi connectivity index (χ3n) is 0. The van der Waals surface area contributed by atoms with E-state index in [1.165, 1.54) is 0 Å². The largest absolute Gasteiger partial charge is 4.00 e. The van der Waals surface area contributed by atoms with Crippen molar-refractivity contribution >= 4 is 43.9 Å². The molecule has 0 bridgehead atoms. The zero-order valence-electron chi connectivity index (χ0n) is 3.64. The monoisotopic (exact) mass is 207 g/mol. The molecule has 0 atom stereocenters. The predicted molar refractivity (Wildman–Crippen MR) is 16.2 cm³/mol. The maximum Gasteiger partial charge on any atom is 4.00 e. The van der Waals surface area contributed by atoms with Crippen LogP contribution in [-0.2, 0) is 26.2 Å². The van der Waals surface area contributed by atoms with E-state index < -0.39 is 6.16 Å². The van der Waals surface area contributed by atoms with Gasteiger partial charge in [0.2, 0.25) is 0 Å². The Morgan fingerprint density at radius 3 is 1.29 bits per heavy atom. The molecule has 0 aliphatic heterocycles. The van der Waals surface area contributed by atoms with Crippen LogP contribution in [0.3, 0.4) is 0 Å². The summed E-state index contributed by atoms with van der Waals surface area (Å²) in [5.41, 5.74) is 0. The first-order chi connectivity index (χ1) is 1.73. The topological polar surface area (TPSA) is 98.2 Å². The fourth-order valence-corrected chi connectivity index (χ4v) is 0. The fourth-order valence-electron chi connectivity index (χ4n) is 0. The van der Waals surface area contributed by atoms with E-state index in [1.807, 2.05) is 0 Å². The number of rotatable bonds is 0. The third-order valence-corrected chi connectivity index (χ3v) is 0. The van der Waals surface area contributed by atoms with E-state index in [4.69, 9.17) is 15.0 Å². The molecule has 0 aromatic heterocycles. The van der Waals surface area contributed by atoms with E-state index in [9.17, 15) is 0 Å². The fraction of sp³-hybridized carbons (Fsp3) is 0. The number of hydrogen-bond acceptors (Lipinski definition) is 4. The normalized spacial score (nSPS) is 3.43. The van der Waals surface area contributed by atoms with Crippen molar-refractivity contribution in [2.75, 3.05) is 0 Å². The first kappa shape index (κ1) is 23.8. The average molecular weight is 208 g/mol. The summed E-state index contributed by atoms with van der Waals surface area (Å²) in [4.78, 5) is 8.33. The molecule has 6 heteroatoms. The SMILES string of the molecule is N.O=C([O-])[O-].[Ca+2].[Zr+4]. The van der Waals surface area contributed by atoms with E-state index in [0.717, 1.165) is 0 Å². The predicted octanol–water partition coefficient (Wildman–Crippen LogP) is -2.67. The number of carboxylic acid groups (broad SMARTS) is 2. The molecule has 0 spiro atoms. The molecular weight excluding hydrogens is 205 g/mol. The minimum absolute atomic E-state index is 0. The van der Waals surface area contributed by atoms with Crippen LogP contribution in [0, 0.1) is 0 Å². The summed E-state index contributed by atoms with van der Waals surface area (Å²) in [7, 11) is 0. The Kier molecular flexibility index (Phi) is 53.2. The summed E-state index contributed by atoms with van der Waals surface area (Å²) in [6, 6.07) is 0. The first-order valence-electron chi connectivity index (χ1n) is 0.612. The standard InChI is InChI=1S/CH2O3.Ca.H3N.Zr/c2-1(3)4;;;/h(H2,2,3,4);;1H3;/q;+2;;+4/p-2. The van der Waals surface area contributed by atoms with Gasteiger partial charge in [0.1, 0.15) is 0 Å². The van der Waals surface area contributed by atoms with Crippen molar-refractivity contribution in [2.45, 2.75) is 0 Å². The van der Waals surface area contributed by atoms with Gasteiger partial charge in [-0.15, -0.1) is 0 Å². The summed E-state index contributed by atoms with van der Waals surface area (Å²) in [5.74, 6) is 0. The van der Waals surface area contributed by atoms with Crippen molar-refractivity contribution in [2.24, 2.45) is 0 Å². The maximum absolute atomic E-state index is 8.33. The summed E-state index contributed by atoms with van der Waals surface area (Å²) >= 11 is 0. The van der Waals surface area contributed by atoms with Crippen LogP contribution >= 0.6 is 0 Å². The van der Waals surface area contributed by atoms with Crippen LogP contribution in [0.1, 0.15) is 0 Å². The molecule has 0 saturated carbocycles. The number of hydrogen-bond donors (Lipinski definition) is 1. The Morgan fingerprint density at radius 1 is 1.29 bits per heavy atom. The van der Waals surface area contributed by atoms with Crippen LogP contribution in [0.4, 0.5) is 4.79 Å². The molecule has 0 heterocycles. The molecule has 0 unspecified atom stereocenters. The molecular formula is CH3CaNO3Zr+4. The molecule has 0 saturated heterocycles. The van der Waals surface area contributed by atoms with Crippen LogP contribution in [-0.4, -0.2) is 43.9 Å². The molecule has 0 radical (unpaired) electrons. The van der Waals surface area contributed by atoms with E-state index in [2.05, 4.69) is 0 Å². The van der Waals surface area contributed by atoms with Crippen molar-refractivity contribution < 1.29 is 41.2 Å². The van der Waals surface area contributed by atoms with Crippen molar-refractivity contribution in [1.82, 2.24) is 6.15 Å². The van der Waals surface area contributed by atoms with E-state index in [1.54, 1.807) is 0 Å². The first-order valence-corrected chi connectivity index (χ1v) is 0.612. The van der Waals surface area contributed by atoms with Crippen molar-refractivity contribution in [3.05, 3.63) is 0 Å². The van der Waals surface area contributed by atoms with E-state index in [-0.39, 0.29) is 70.1 Å². The van der Waals surface area contributed by atoms with Crippen molar-refractivity contribution in [3.63, 3.8) is 0 Å². The van der Waals surface area contributed by atoms with Gasteiger partial charge in [0.15, 0.2) is 0 Å². The average Bonchev–Trinajstić information content (AvgIpc) is 0.811. The van der Waals surface area contributed by atoms with E-state index in [0.29, 0.717) is 0 Å². The van der Waals surface area contributed by atoms with Crippen LogP contribution in [0.25, 0.3) is 0 Å². The van der Waals surface area contributed by atoms with Gasteiger partial charge in [0, 0.05) is 0 Å². The molecule has 0 aliphatic carbocycles. The van der Waals surface area contributed by atoms with Gasteiger partial charge in [-0.1, -0.05) is 0 Å². The van der Waals surface area contributed by atoms with E-state index >= 15 is 0 Å². The van der Waals surface area contributed by atoms with Crippen LogP contribution < -0.4 is 16.4 Å². The summed E-state index contributed by atoms with van der Waals surface area (Å²) in [6.07, 6.45) is -2.33. The van der Waals surface area contributed by atoms with Crippen molar-refractivity contribution in [1.29, 1.82) is 0 Å². The molecule has 3 N–H and O–H groups in total. The number of carbonyl (C=O) groups excluding carboxylic acids is 1. The molecule has 0 fully saturated rings. The molecule has 4 nitrogen and oxygen atoms in total. The Morgan fingerprint density at radius 2 is 1.29 bits per heavy atom. The molecule has 0 rings (SSSR count). The molecule has 7 heavy (non-hydrogen) atoms. The smallest absolute Gasteiger partial charge is 0.652 e. The van der Waals surface area contributed by atoms with Crippen LogP contribution in [0.2, 0.25) is 0 Å². The van der Waals surface area contributed by atoms with Gasteiger partial charge >= 0.3 is 63.9 Å². The van der Waals surface area contributed by atoms with Gasteiger partial charge in [0.25, 0.3) is 0 Å². The Hall–Kier alpha value is 1.37. The number of carbonyl (C=O) groups is 1. The molecule has 0 amide bonds. The second-order valence-corrected chi connectivity index (χ2v) is 0.250. The van der Waals surface area contributed by atoms with Gasteiger partial charge < -0.3 is 21.2 Å². The van der Waals surface area contributed by atoms with Crippen LogP contribution in [0.15, 0.2) is 0 Å². The van der Waals surface area contributed by atoms with Crippen LogP contribution in [0.5, 0.6) is 0 Å². The second kappa shape index (κ2) is 15.7. The quantitative estimate of drug-likeness (QED) is 0.439. The second-order valence-electron chi connectivity index (χ2n) is 0.250. The molecule has 0 aliphatic rings. The Balaban J connectivity index is -0.0000000150. The molecule has 0 aromatic carbocycles.